The van der Waals surface area contributed by atoms with Gasteiger partial charge >= 0.3 is 5.97 Å². The fourth-order valence-electron chi connectivity index (χ4n) is 1.59. The van der Waals surface area contributed by atoms with E-state index in [-0.39, 0.29) is 5.56 Å². The minimum Gasteiger partial charge on any atom is -0.478 e. The molecule has 0 fully saturated rings. The number of benzene rings is 2. The molecular formula is C15H12O3. The third-order valence-corrected chi connectivity index (χ3v) is 2.48. The number of para-hydroxylation sites is 2. The summed E-state index contributed by atoms with van der Waals surface area (Å²) < 4.78 is 5.64. The largest absolute Gasteiger partial charge is 0.478 e. The Hall–Kier alpha value is -2.55. The Labute approximate surface area is 105 Å². The average molecular weight is 240 g/mol. The second-order valence-corrected chi connectivity index (χ2v) is 3.65. The van der Waals surface area contributed by atoms with E-state index in [0.29, 0.717) is 11.5 Å². The zero-order valence-corrected chi connectivity index (χ0v) is 9.67. The van der Waals surface area contributed by atoms with Crippen LogP contribution >= 0.6 is 0 Å². The molecule has 2 aromatic rings. The van der Waals surface area contributed by atoms with E-state index >= 15 is 0 Å². The third-order valence-electron chi connectivity index (χ3n) is 2.48. The molecule has 0 saturated carbocycles. The van der Waals surface area contributed by atoms with Crippen LogP contribution in [0.5, 0.6) is 11.5 Å². The molecule has 18 heavy (non-hydrogen) atoms. The molecule has 2 aromatic carbocycles. The standard InChI is InChI=1S/C15H12O3/c1-2-11-7-3-5-9-13(11)18-14-10-6-4-8-12(14)15(16)17/h2-10H,1H2,(H,16,17). The molecule has 1 N–H and O–H groups in total. The lowest BCUT2D eigenvalue weighted by Gasteiger charge is -2.10. The van der Waals surface area contributed by atoms with Gasteiger partial charge in [-0.1, -0.05) is 43.0 Å². The van der Waals surface area contributed by atoms with Gasteiger partial charge in [-0.05, 0) is 18.2 Å². The Morgan fingerprint density at radius 3 is 2.33 bits per heavy atom. The van der Waals surface area contributed by atoms with Crippen LogP contribution in [0.3, 0.4) is 0 Å². The minimum absolute atomic E-state index is 0.136. The highest BCUT2D eigenvalue weighted by Crippen LogP contribution is 2.28. The maximum absolute atomic E-state index is 11.1. The maximum Gasteiger partial charge on any atom is 0.339 e. The number of carboxylic acid groups (broad SMARTS) is 1. The van der Waals surface area contributed by atoms with E-state index in [0.717, 1.165) is 5.56 Å². The van der Waals surface area contributed by atoms with Gasteiger partial charge in [0.25, 0.3) is 0 Å². The van der Waals surface area contributed by atoms with Crippen LogP contribution in [0.4, 0.5) is 0 Å². The summed E-state index contributed by atoms with van der Waals surface area (Å²) in [4.78, 5) is 11.1. The van der Waals surface area contributed by atoms with Gasteiger partial charge in [-0.3, -0.25) is 0 Å². The molecule has 90 valence electrons. The Bertz CT molecular complexity index is 588. The quantitative estimate of drug-likeness (QED) is 0.883. The van der Waals surface area contributed by atoms with Gasteiger partial charge in [-0.25, -0.2) is 4.79 Å². The number of hydrogen-bond donors (Lipinski definition) is 1. The van der Waals surface area contributed by atoms with Crippen molar-refractivity contribution in [3.05, 3.63) is 66.2 Å². The van der Waals surface area contributed by atoms with E-state index in [1.165, 1.54) is 6.07 Å². The first-order chi connectivity index (χ1) is 8.72. The SMILES string of the molecule is C=Cc1ccccc1Oc1ccccc1C(=O)O. The summed E-state index contributed by atoms with van der Waals surface area (Å²) in [5.74, 6) is -0.109. The van der Waals surface area contributed by atoms with Crippen LogP contribution in [0.1, 0.15) is 15.9 Å². The fourth-order valence-corrected chi connectivity index (χ4v) is 1.59. The van der Waals surface area contributed by atoms with Gasteiger partial charge in [-0.2, -0.15) is 0 Å². The van der Waals surface area contributed by atoms with E-state index in [2.05, 4.69) is 6.58 Å². The van der Waals surface area contributed by atoms with Gasteiger partial charge in [0.2, 0.25) is 0 Å². The minimum atomic E-state index is -1.01. The molecular weight excluding hydrogens is 228 g/mol. The number of hydrogen-bond acceptors (Lipinski definition) is 2. The molecule has 0 aliphatic heterocycles. The Balaban J connectivity index is 2.40. The molecule has 0 spiro atoms. The molecule has 0 radical (unpaired) electrons. The summed E-state index contributed by atoms with van der Waals surface area (Å²) in [6.45, 7) is 3.69. The average Bonchev–Trinajstić information content (AvgIpc) is 2.40. The Kier molecular flexibility index (Phi) is 3.44. The van der Waals surface area contributed by atoms with Gasteiger partial charge in [0.15, 0.2) is 0 Å². The second kappa shape index (κ2) is 5.19. The summed E-state index contributed by atoms with van der Waals surface area (Å²) in [5, 5.41) is 9.07. The zero-order valence-electron chi connectivity index (χ0n) is 9.67. The summed E-state index contributed by atoms with van der Waals surface area (Å²) in [6, 6.07) is 13.9. The first-order valence-corrected chi connectivity index (χ1v) is 5.44. The normalized spacial score (nSPS) is 9.78. The van der Waals surface area contributed by atoms with Crippen LogP contribution in [0.2, 0.25) is 0 Å². The zero-order chi connectivity index (χ0) is 13.0. The number of rotatable bonds is 4. The molecule has 0 atom stereocenters. The summed E-state index contributed by atoms with van der Waals surface area (Å²) in [5.41, 5.74) is 0.953. The molecule has 0 saturated heterocycles. The first-order valence-electron chi connectivity index (χ1n) is 5.44. The number of aromatic carboxylic acids is 1. The van der Waals surface area contributed by atoms with Gasteiger partial charge < -0.3 is 9.84 Å². The van der Waals surface area contributed by atoms with Gasteiger partial charge in [0.1, 0.15) is 17.1 Å². The van der Waals surface area contributed by atoms with Gasteiger partial charge in [0, 0.05) is 5.56 Å². The summed E-state index contributed by atoms with van der Waals surface area (Å²) >= 11 is 0. The molecule has 0 heterocycles. The van der Waals surface area contributed by atoms with Crippen LogP contribution < -0.4 is 4.74 Å². The van der Waals surface area contributed by atoms with Crippen LogP contribution in [-0.4, -0.2) is 11.1 Å². The maximum atomic E-state index is 11.1. The van der Waals surface area contributed by atoms with Crippen LogP contribution in [-0.2, 0) is 0 Å². The highest BCUT2D eigenvalue weighted by atomic mass is 16.5. The molecule has 0 aromatic heterocycles. The molecule has 2 rings (SSSR count). The topological polar surface area (TPSA) is 46.5 Å². The van der Waals surface area contributed by atoms with Crippen LogP contribution in [0.25, 0.3) is 6.08 Å². The fraction of sp³-hybridized carbons (Fsp3) is 0. The van der Waals surface area contributed by atoms with Crippen molar-refractivity contribution < 1.29 is 14.6 Å². The third kappa shape index (κ3) is 2.40. The number of ether oxygens (including phenoxy) is 1. The van der Waals surface area contributed by atoms with Crippen LogP contribution in [0, 0.1) is 0 Å². The van der Waals surface area contributed by atoms with Crippen molar-refractivity contribution in [3.8, 4) is 11.5 Å². The molecule has 0 aliphatic carbocycles. The lowest BCUT2D eigenvalue weighted by molar-refractivity contribution is 0.0694. The predicted molar refractivity (Wildman–Crippen MR) is 70.0 cm³/mol. The number of carboxylic acids is 1. The highest BCUT2D eigenvalue weighted by molar-refractivity contribution is 5.91. The highest BCUT2D eigenvalue weighted by Gasteiger charge is 2.11. The van der Waals surface area contributed by atoms with Crippen molar-refractivity contribution in [1.82, 2.24) is 0 Å². The number of carbonyl (C=O) groups is 1. The molecule has 0 bridgehead atoms. The van der Waals surface area contributed by atoms with E-state index in [4.69, 9.17) is 9.84 Å². The summed E-state index contributed by atoms with van der Waals surface area (Å²) in [7, 11) is 0. The van der Waals surface area contributed by atoms with E-state index in [1.54, 1.807) is 30.3 Å². The van der Waals surface area contributed by atoms with Crippen molar-refractivity contribution in [2.75, 3.05) is 0 Å². The van der Waals surface area contributed by atoms with E-state index < -0.39 is 5.97 Å². The second-order valence-electron chi connectivity index (χ2n) is 3.65. The smallest absolute Gasteiger partial charge is 0.339 e. The molecule has 3 nitrogen and oxygen atoms in total. The van der Waals surface area contributed by atoms with Crippen molar-refractivity contribution in [2.45, 2.75) is 0 Å². The lowest BCUT2D eigenvalue weighted by atomic mass is 10.2. The first kappa shape index (κ1) is 11.9. The predicted octanol–water partition coefficient (Wildman–Crippen LogP) is 3.82. The van der Waals surface area contributed by atoms with Crippen LogP contribution in [0.15, 0.2) is 55.1 Å². The van der Waals surface area contributed by atoms with Gasteiger partial charge in [-0.15, -0.1) is 0 Å². The molecule has 3 heteroatoms. The van der Waals surface area contributed by atoms with Crippen molar-refractivity contribution in [2.24, 2.45) is 0 Å². The lowest BCUT2D eigenvalue weighted by Crippen LogP contribution is -1.99. The van der Waals surface area contributed by atoms with E-state index in [1.807, 2.05) is 18.2 Å². The summed E-state index contributed by atoms with van der Waals surface area (Å²) in [6.07, 6.45) is 1.67. The molecule has 0 aliphatic rings. The Morgan fingerprint density at radius 1 is 1.06 bits per heavy atom. The van der Waals surface area contributed by atoms with Gasteiger partial charge in [0.05, 0.1) is 0 Å². The molecule has 0 unspecified atom stereocenters. The van der Waals surface area contributed by atoms with Crippen molar-refractivity contribution in [1.29, 1.82) is 0 Å². The Morgan fingerprint density at radius 2 is 1.67 bits per heavy atom. The van der Waals surface area contributed by atoms with Crippen molar-refractivity contribution in [3.63, 3.8) is 0 Å². The monoisotopic (exact) mass is 240 g/mol. The molecule has 0 amide bonds. The van der Waals surface area contributed by atoms with E-state index in [9.17, 15) is 4.79 Å². The van der Waals surface area contributed by atoms with Crippen molar-refractivity contribution >= 4 is 12.0 Å².